The Balaban J connectivity index is 1.92. The second-order valence-electron chi connectivity index (χ2n) is 7.08. The summed E-state index contributed by atoms with van der Waals surface area (Å²) in [4.78, 5) is 38.1. The second kappa shape index (κ2) is 6.49. The minimum Gasteiger partial charge on any atom is -0.481 e. The predicted octanol–water partition coefficient (Wildman–Crippen LogP) is 1.64. The van der Waals surface area contributed by atoms with Crippen LogP contribution in [-0.4, -0.2) is 64.0 Å². The number of alkyl halides is 3. The van der Waals surface area contributed by atoms with E-state index in [4.69, 9.17) is 0 Å². The van der Waals surface area contributed by atoms with Gasteiger partial charge in [0.05, 0.1) is 11.8 Å². The van der Waals surface area contributed by atoms with Crippen molar-refractivity contribution in [3.05, 3.63) is 0 Å². The van der Waals surface area contributed by atoms with E-state index in [9.17, 15) is 32.7 Å². The Kier molecular flexibility index (Phi) is 4.68. The SMILES string of the molecule is O=C(O)C1CC(N2CCCC2=O)C(C(F)(F)F)CC1N1CCCC1=O. The van der Waals surface area contributed by atoms with Crippen LogP contribution in [0.3, 0.4) is 0 Å². The first kappa shape index (κ1) is 18.0. The first-order valence-corrected chi connectivity index (χ1v) is 8.58. The van der Waals surface area contributed by atoms with E-state index in [0.29, 0.717) is 19.4 Å². The number of carbonyl (C=O) groups is 3. The molecule has 0 aromatic heterocycles. The van der Waals surface area contributed by atoms with Crippen molar-refractivity contribution in [2.45, 2.75) is 56.8 Å². The maximum Gasteiger partial charge on any atom is 0.393 e. The lowest BCUT2D eigenvalue weighted by Crippen LogP contribution is -2.58. The molecule has 2 heterocycles. The van der Waals surface area contributed by atoms with Gasteiger partial charge in [-0.2, -0.15) is 13.2 Å². The topological polar surface area (TPSA) is 77.9 Å². The number of carboxylic acid groups (broad SMARTS) is 1. The summed E-state index contributed by atoms with van der Waals surface area (Å²) >= 11 is 0. The highest BCUT2D eigenvalue weighted by atomic mass is 19.4. The van der Waals surface area contributed by atoms with Crippen LogP contribution in [0, 0.1) is 11.8 Å². The minimum atomic E-state index is -4.54. The normalized spacial score (nSPS) is 34.0. The Morgan fingerprint density at radius 2 is 1.48 bits per heavy atom. The molecule has 0 spiro atoms. The van der Waals surface area contributed by atoms with Crippen molar-refractivity contribution < 1.29 is 32.7 Å². The Morgan fingerprint density at radius 1 is 0.960 bits per heavy atom. The molecule has 1 saturated carbocycles. The van der Waals surface area contributed by atoms with E-state index >= 15 is 0 Å². The van der Waals surface area contributed by atoms with Gasteiger partial charge in [0.2, 0.25) is 11.8 Å². The predicted molar refractivity (Wildman–Crippen MR) is 79.4 cm³/mol. The standard InChI is InChI=1S/C16H21F3N2O4/c17-16(18,19)10-8-11(20-5-1-3-13(20)22)9(15(24)25)7-12(10)21-6-2-4-14(21)23/h9-12H,1-8H2,(H,24,25). The molecule has 4 atom stereocenters. The van der Waals surface area contributed by atoms with Crippen LogP contribution in [0.5, 0.6) is 0 Å². The fourth-order valence-electron chi connectivity index (χ4n) is 4.51. The number of halogens is 3. The largest absolute Gasteiger partial charge is 0.481 e. The van der Waals surface area contributed by atoms with Crippen LogP contribution in [0.15, 0.2) is 0 Å². The summed E-state index contributed by atoms with van der Waals surface area (Å²) in [6, 6.07) is -2.13. The number of aliphatic carboxylic acids is 1. The molecule has 25 heavy (non-hydrogen) atoms. The van der Waals surface area contributed by atoms with Crippen LogP contribution in [0.1, 0.15) is 38.5 Å². The average Bonchev–Trinajstić information content (AvgIpc) is 3.13. The van der Waals surface area contributed by atoms with E-state index < -0.39 is 42.5 Å². The van der Waals surface area contributed by atoms with Gasteiger partial charge < -0.3 is 14.9 Å². The highest BCUT2D eigenvalue weighted by Crippen LogP contribution is 2.45. The van der Waals surface area contributed by atoms with E-state index in [2.05, 4.69) is 0 Å². The van der Waals surface area contributed by atoms with Gasteiger partial charge in [0.1, 0.15) is 0 Å². The molecule has 1 N–H and O–H groups in total. The molecule has 6 nitrogen and oxygen atoms in total. The summed E-state index contributed by atoms with van der Waals surface area (Å²) in [5, 5.41) is 9.55. The fraction of sp³-hybridized carbons (Fsp3) is 0.812. The van der Waals surface area contributed by atoms with E-state index in [-0.39, 0.29) is 37.6 Å². The smallest absolute Gasteiger partial charge is 0.393 e. The number of hydrogen-bond donors (Lipinski definition) is 1. The Hall–Kier alpha value is -1.80. The number of carboxylic acids is 1. The number of amides is 2. The van der Waals surface area contributed by atoms with Crippen molar-refractivity contribution in [3.8, 4) is 0 Å². The second-order valence-corrected chi connectivity index (χ2v) is 7.08. The monoisotopic (exact) mass is 362 g/mol. The molecule has 2 aliphatic heterocycles. The Morgan fingerprint density at radius 3 is 1.88 bits per heavy atom. The first-order valence-electron chi connectivity index (χ1n) is 8.58. The van der Waals surface area contributed by atoms with Crippen LogP contribution in [0.4, 0.5) is 13.2 Å². The lowest BCUT2D eigenvalue weighted by molar-refractivity contribution is -0.210. The van der Waals surface area contributed by atoms with Crippen molar-refractivity contribution in [2.24, 2.45) is 11.8 Å². The molecule has 0 aromatic carbocycles. The highest BCUT2D eigenvalue weighted by molar-refractivity contribution is 5.81. The molecular weight excluding hydrogens is 341 g/mol. The molecule has 4 unspecified atom stereocenters. The first-order chi connectivity index (χ1) is 11.7. The van der Waals surface area contributed by atoms with Gasteiger partial charge in [0.15, 0.2) is 0 Å². The molecule has 9 heteroatoms. The summed E-state index contributed by atoms with van der Waals surface area (Å²) in [7, 11) is 0. The van der Waals surface area contributed by atoms with Crippen LogP contribution >= 0.6 is 0 Å². The van der Waals surface area contributed by atoms with Crippen LogP contribution < -0.4 is 0 Å². The zero-order valence-corrected chi connectivity index (χ0v) is 13.7. The highest BCUT2D eigenvalue weighted by Gasteiger charge is 2.56. The third kappa shape index (κ3) is 3.32. The maximum absolute atomic E-state index is 13.7. The minimum absolute atomic E-state index is 0.201. The van der Waals surface area contributed by atoms with Crippen LogP contribution in [0.25, 0.3) is 0 Å². The van der Waals surface area contributed by atoms with Gasteiger partial charge in [-0.25, -0.2) is 0 Å². The van der Waals surface area contributed by atoms with Gasteiger partial charge >= 0.3 is 12.1 Å². The average molecular weight is 362 g/mol. The summed E-state index contributed by atoms with van der Waals surface area (Å²) in [6.45, 7) is 0.529. The molecule has 1 aliphatic carbocycles. The third-order valence-electron chi connectivity index (χ3n) is 5.68. The summed E-state index contributed by atoms with van der Waals surface area (Å²) in [6.07, 6.45) is -3.79. The van der Waals surface area contributed by atoms with E-state index in [1.165, 1.54) is 9.80 Å². The van der Waals surface area contributed by atoms with Gasteiger partial charge in [0, 0.05) is 38.0 Å². The van der Waals surface area contributed by atoms with Gasteiger partial charge in [-0.3, -0.25) is 14.4 Å². The molecule has 140 valence electrons. The number of carbonyl (C=O) groups excluding carboxylic acids is 2. The van der Waals surface area contributed by atoms with Crippen molar-refractivity contribution >= 4 is 17.8 Å². The van der Waals surface area contributed by atoms with Crippen molar-refractivity contribution in [1.29, 1.82) is 0 Å². The number of hydrogen-bond acceptors (Lipinski definition) is 3. The van der Waals surface area contributed by atoms with Gasteiger partial charge in [-0.05, 0) is 25.7 Å². The van der Waals surface area contributed by atoms with Crippen LogP contribution in [-0.2, 0) is 14.4 Å². The molecule has 0 radical (unpaired) electrons. The lowest BCUT2D eigenvalue weighted by Gasteiger charge is -2.46. The van der Waals surface area contributed by atoms with Gasteiger partial charge in [0.25, 0.3) is 0 Å². The molecule has 3 rings (SSSR count). The quantitative estimate of drug-likeness (QED) is 0.828. The molecule has 3 aliphatic rings. The third-order valence-corrected chi connectivity index (χ3v) is 5.68. The summed E-state index contributed by atoms with van der Waals surface area (Å²) in [5.74, 6) is -4.73. The molecular formula is C16H21F3N2O4. The Bertz CT molecular complexity index is 580. The summed E-state index contributed by atoms with van der Waals surface area (Å²) in [5.41, 5.74) is 0. The number of rotatable bonds is 3. The molecule has 2 saturated heterocycles. The van der Waals surface area contributed by atoms with E-state index in [1.807, 2.05) is 0 Å². The van der Waals surface area contributed by atoms with E-state index in [1.54, 1.807) is 0 Å². The van der Waals surface area contributed by atoms with Crippen molar-refractivity contribution in [1.82, 2.24) is 9.80 Å². The van der Waals surface area contributed by atoms with E-state index in [0.717, 1.165) is 0 Å². The maximum atomic E-state index is 13.7. The number of nitrogens with zero attached hydrogens (tertiary/aromatic N) is 2. The molecule has 0 aromatic rings. The zero-order chi connectivity index (χ0) is 18.4. The fourth-order valence-corrected chi connectivity index (χ4v) is 4.51. The van der Waals surface area contributed by atoms with Crippen molar-refractivity contribution in [2.75, 3.05) is 13.1 Å². The lowest BCUT2D eigenvalue weighted by atomic mass is 9.73. The zero-order valence-electron chi connectivity index (χ0n) is 13.7. The van der Waals surface area contributed by atoms with Crippen LogP contribution in [0.2, 0.25) is 0 Å². The molecule has 0 bridgehead atoms. The molecule has 3 fully saturated rings. The van der Waals surface area contributed by atoms with Gasteiger partial charge in [-0.15, -0.1) is 0 Å². The number of likely N-dealkylation sites (tertiary alicyclic amines) is 2. The van der Waals surface area contributed by atoms with Gasteiger partial charge in [-0.1, -0.05) is 0 Å². The Labute approximate surface area is 142 Å². The summed E-state index contributed by atoms with van der Waals surface area (Å²) < 4.78 is 41.0. The van der Waals surface area contributed by atoms with Crippen molar-refractivity contribution in [3.63, 3.8) is 0 Å². The molecule has 2 amide bonds.